The van der Waals surface area contributed by atoms with Crippen LogP contribution in [0.1, 0.15) is 39.5 Å². The average Bonchev–Trinajstić information content (AvgIpc) is 2.13. The summed E-state index contributed by atoms with van der Waals surface area (Å²) in [5.41, 5.74) is 5.77. The molecule has 2 N–H and O–H groups in total. The van der Waals surface area contributed by atoms with Gasteiger partial charge in [-0.2, -0.15) is 11.8 Å². The minimum atomic E-state index is -2.86. The van der Waals surface area contributed by atoms with Gasteiger partial charge in [0.05, 0.1) is 5.25 Å². The number of hydrogen-bond donors (Lipinski definition) is 1. The van der Waals surface area contributed by atoms with Crippen LogP contribution in [0.3, 0.4) is 0 Å². The van der Waals surface area contributed by atoms with Gasteiger partial charge in [0.2, 0.25) is 0 Å². The molecule has 0 saturated heterocycles. The minimum Gasteiger partial charge on any atom is -0.325 e. The van der Waals surface area contributed by atoms with Crippen molar-refractivity contribution in [3.63, 3.8) is 0 Å². The van der Waals surface area contributed by atoms with Crippen LogP contribution in [0.15, 0.2) is 0 Å². The van der Waals surface area contributed by atoms with Gasteiger partial charge >= 0.3 is 0 Å². The summed E-state index contributed by atoms with van der Waals surface area (Å²) in [7, 11) is -2.86. The Balaban J connectivity index is 2.46. The third-order valence-corrected chi connectivity index (χ3v) is 6.32. The van der Waals surface area contributed by atoms with Crippen molar-refractivity contribution in [2.45, 2.75) is 55.6 Å². The molecule has 0 bridgehead atoms. The molecule has 3 nitrogen and oxygen atoms in total. The van der Waals surface area contributed by atoms with Gasteiger partial charge in [-0.3, -0.25) is 0 Å². The van der Waals surface area contributed by atoms with Crippen LogP contribution in [0.5, 0.6) is 0 Å². The monoisotopic (exact) mass is 265 g/mol. The van der Waals surface area contributed by atoms with Crippen LogP contribution in [0.2, 0.25) is 0 Å². The Kier molecular flexibility index (Phi) is 4.72. The van der Waals surface area contributed by atoms with Crippen molar-refractivity contribution in [1.29, 1.82) is 0 Å². The molecule has 0 heterocycles. The Morgan fingerprint density at radius 3 is 2.50 bits per heavy atom. The van der Waals surface area contributed by atoms with E-state index in [9.17, 15) is 8.42 Å². The molecule has 0 aromatic heterocycles. The number of rotatable bonds is 4. The second-order valence-electron chi connectivity index (χ2n) is 5.54. The molecule has 1 aliphatic carbocycles. The Morgan fingerprint density at radius 1 is 1.38 bits per heavy atom. The first-order valence-corrected chi connectivity index (χ1v) is 8.78. The highest BCUT2D eigenvalue weighted by Gasteiger charge is 2.29. The van der Waals surface area contributed by atoms with E-state index in [1.165, 1.54) is 6.26 Å². The Morgan fingerprint density at radius 2 is 2.00 bits per heavy atom. The van der Waals surface area contributed by atoms with Crippen LogP contribution in [0.4, 0.5) is 0 Å². The molecule has 1 saturated carbocycles. The topological polar surface area (TPSA) is 60.2 Å². The van der Waals surface area contributed by atoms with Gasteiger partial charge in [-0.15, -0.1) is 0 Å². The van der Waals surface area contributed by atoms with Crippen molar-refractivity contribution >= 4 is 21.6 Å². The first-order chi connectivity index (χ1) is 7.18. The molecule has 5 heteroatoms. The number of sulfone groups is 1. The maximum absolute atomic E-state index is 11.5. The highest BCUT2D eigenvalue weighted by molar-refractivity contribution is 8.00. The predicted molar refractivity (Wildman–Crippen MR) is 71.6 cm³/mol. The van der Waals surface area contributed by atoms with Crippen molar-refractivity contribution in [2.75, 3.05) is 12.0 Å². The number of hydrogen-bond acceptors (Lipinski definition) is 4. The van der Waals surface area contributed by atoms with Crippen LogP contribution in [-0.4, -0.2) is 36.5 Å². The first kappa shape index (κ1) is 14.3. The van der Waals surface area contributed by atoms with Gasteiger partial charge in [-0.1, -0.05) is 6.42 Å². The molecular formula is C11H23NO2S2. The SMILES string of the molecule is CC(C)(N)CSC1CCCC(S(C)(=O)=O)C1. The zero-order valence-corrected chi connectivity index (χ0v) is 12.0. The lowest BCUT2D eigenvalue weighted by molar-refractivity contribution is 0.493. The van der Waals surface area contributed by atoms with Gasteiger partial charge in [0.25, 0.3) is 0 Å². The molecule has 0 aromatic rings. The third-order valence-electron chi connectivity index (χ3n) is 2.87. The lowest BCUT2D eigenvalue weighted by Crippen LogP contribution is -2.36. The molecule has 0 radical (unpaired) electrons. The molecule has 0 aliphatic heterocycles. The van der Waals surface area contributed by atoms with E-state index >= 15 is 0 Å². The maximum atomic E-state index is 11.5. The first-order valence-electron chi connectivity index (χ1n) is 5.78. The average molecular weight is 265 g/mol. The van der Waals surface area contributed by atoms with Crippen LogP contribution in [0.25, 0.3) is 0 Å². The minimum absolute atomic E-state index is 0.125. The van der Waals surface area contributed by atoms with Crippen molar-refractivity contribution in [3.8, 4) is 0 Å². The lowest BCUT2D eigenvalue weighted by atomic mass is 10.00. The Labute approximate surface area is 103 Å². The fourth-order valence-electron chi connectivity index (χ4n) is 1.97. The van der Waals surface area contributed by atoms with Crippen LogP contribution < -0.4 is 5.73 Å². The van der Waals surface area contributed by atoms with Crippen molar-refractivity contribution in [2.24, 2.45) is 5.73 Å². The van der Waals surface area contributed by atoms with Crippen molar-refractivity contribution in [1.82, 2.24) is 0 Å². The normalized spacial score (nSPS) is 28.0. The van der Waals surface area contributed by atoms with Crippen molar-refractivity contribution < 1.29 is 8.42 Å². The fraction of sp³-hybridized carbons (Fsp3) is 1.00. The summed E-state index contributed by atoms with van der Waals surface area (Å²) >= 11 is 1.83. The molecule has 0 spiro atoms. The van der Waals surface area contributed by atoms with E-state index in [4.69, 9.17) is 5.73 Å². The lowest BCUT2D eigenvalue weighted by Gasteiger charge is -2.29. The molecule has 16 heavy (non-hydrogen) atoms. The summed E-state index contributed by atoms with van der Waals surface area (Å²) in [4.78, 5) is 0. The molecule has 96 valence electrons. The van der Waals surface area contributed by atoms with E-state index in [1.54, 1.807) is 0 Å². The maximum Gasteiger partial charge on any atom is 0.150 e. The summed E-state index contributed by atoms with van der Waals surface area (Å²) in [6.07, 6.45) is 5.16. The molecule has 1 rings (SSSR count). The second-order valence-corrected chi connectivity index (χ2v) is 9.15. The van der Waals surface area contributed by atoms with Crippen molar-refractivity contribution in [3.05, 3.63) is 0 Å². The quantitative estimate of drug-likeness (QED) is 0.842. The molecule has 2 atom stereocenters. The van der Waals surface area contributed by atoms with E-state index < -0.39 is 9.84 Å². The summed E-state index contributed by atoms with van der Waals surface area (Å²) in [6.45, 7) is 4.02. The smallest absolute Gasteiger partial charge is 0.150 e. The van der Waals surface area contributed by atoms with E-state index in [-0.39, 0.29) is 10.8 Å². The van der Waals surface area contributed by atoms with Gasteiger partial charge in [0.1, 0.15) is 9.84 Å². The molecule has 1 aliphatic rings. The highest BCUT2D eigenvalue weighted by Crippen LogP contribution is 2.32. The van der Waals surface area contributed by atoms with E-state index in [2.05, 4.69) is 0 Å². The Bertz CT molecular complexity index is 319. The zero-order chi connectivity index (χ0) is 12.4. The summed E-state index contributed by atoms with van der Waals surface area (Å²) in [6, 6.07) is 0. The van der Waals surface area contributed by atoms with Gasteiger partial charge in [0, 0.05) is 22.8 Å². The van der Waals surface area contributed by atoms with Gasteiger partial charge in [0.15, 0.2) is 0 Å². The largest absolute Gasteiger partial charge is 0.325 e. The molecule has 2 unspecified atom stereocenters. The second kappa shape index (κ2) is 5.27. The summed E-state index contributed by atoms with van der Waals surface area (Å²) in [5, 5.41) is 0.343. The van der Waals surface area contributed by atoms with Gasteiger partial charge in [-0.25, -0.2) is 8.42 Å². The summed E-state index contributed by atoms with van der Waals surface area (Å²) < 4.78 is 23.0. The summed E-state index contributed by atoms with van der Waals surface area (Å²) in [5.74, 6) is 0.897. The number of nitrogens with two attached hydrogens (primary N) is 1. The molecule has 0 aromatic carbocycles. The van der Waals surface area contributed by atoms with Crippen LogP contribution >= 0.6 is 11.8 Å². The van der Waals surface area contributed by atoms with Crippen LogP contribution in [0, 0.1) is 0 Å². The molecule has 1 fully saturated rings. The van der Waals surface area contributed by atoms with Crippen LogP contribution in [-0.2, 0) is 9.84 Å². The van der Waals surface area contributed by atoms with Gasteiger partial charge in [-0.05, 0) is 33.1 Å². The number of thioether (sulfide) groups is 1. The van der Waals surface area contributed by atoms with E-state index in [1.807, 2.05) is 25.6 Å². The highest BCUT2D eigenvalue weighted by atomic mass is 32.2. The van der Waals surface area contributed by atoms with E-state index in [0.29, 0.717) is 5.25 Å². The molecular weight excluding hydrogens is 242 g/mol. The van der Waals surface area contributed by atoms with E-state index in [0.717, 1.165) is 31.4 Å². The molecule has 0 amide bonds. The predicted octanol–water partition coefficient (Wildman–Crippen LogP) is 1.81. The third kappa shape index (κ3) is 5.06. The van der Waals surface area contributed by atoms with Gasteiger partial charge < -0.3 is 5.73 Å². The standard InChI is InChI=1S/C11H23NO2S2/c1-11(2,12)8-15-9-5-4-6-10(7-9)16(3,13)14/h9-10H,4-8,12H2,1-3H3. The Hall–Kier alpha value is 0.260. The fourth-order valence-corrected chi connectivity index (χ4v) is 4.64. The zero-order valence-electron chi connectivity index (χ0n) is 10.4.